The molecular formula is C10H14N2O. The summed E-state index contributed by atoms with van der Waals surface area (Å²) in [4.78, 5) is 13.4. The Morgan fingerprint density at radius 1 is 1.62 bits per heavy atom. The van der Waals surface area contributed by atoms with Crippen LogP contribution in [-0.4, -0.2) is 16.5 Å². The minimum atomic E-state index is -0.204. The minimum absolute atomic E-state index is 0.0784. The average molecular weight is 178 g/mol. The van der Waals surface area contributed by atoms with Crippen molar-refractivity contribution in [2.24, 2.45) is 0 Å². The van der Waals surface area contributed by atoms with Gasteiger partial charge in [-0.25, -0.2) is 0 Å². The van der Waals surface area contributed by atoms with Crippen molar-refractivity contribution in [2.45, 2.75) is 32.4 Å². The van der Waals surface area contributed by atoms with E-state index in [1.54, 1.807) is 11.0 Å². The first kappa shape index (κ1) is 8.35. The van der Waals surface area contributed by atoms with Crippen molar-refractivity contribution in [1.82, 2.24) is 10.2 Å². The molecule has 0 saturated carbocycles. The zero-order valence-electron chi connectivity index (χ0n) is 8.00. The van der Waals surface area contributed by atoms with Crippen LogP contribution in [0, 0.1) is 0 Å². The number of fused-ring (bicyclic) bond motifs is 1. The summed E-state index contributed by atoms with van der Waals surface area (Å²) in [6.07, 6.45) is 7.55. The molecule has 70 valence electrons. The molecule has 0 saturated heterocycles. The maximum absolute atomic E-state index is 11.6. The first-order valence-electron chi connectivity index (χ1n) is 4.58. The monoisotopic (exact) mass is 178 g/mol. The van der Waals surface area contributed by atoms with E-state index in [4.69, 9.17) is 0 Å². The second-order valence-electron chi connectivity index (χ2n) is 3.86. The van der Waals surface area contributed by atoms with Gasteiger partial charge in [-0.2, -0.15) is 0 Å². The number of nitrogens with one attached hydrogen (secondary N) is 1. The molecule has 1 N–H and O–H groups in total. The summed E-state index contributed by atoms with van der Waals surface area (Å²) in [5, 5.41) is 3.34. The van der Waals surface area contributed by atoms with E-state index in [0.717, 1.165) is 18.5 Å². The van der Waals surface area contributed by atoms with Crippen molar-refractivity contribution >= 4 is 5.91 Å². The molecule has 3 nitrogen and oxygen atoms in total. The lowest BCUT2D eigenvalue weighted by atomic mass is 9.98. The largest absolute Gasteiger partial charge is 0.366 e. The number of hydrogen-bond acceptors (Lipinski definition) is 2. The average Bonchev–Trinajstić information content (AvgIpc) is 2.01. The number of rotatable bonds is 0. The molecule has 2 heterocycles. The normalized spacial score (nSPS) is 32.3. The minimum Gasteiger partial charge on any atom is -0.366 e. The lowest BCUT2D eigenvalue weighted by molar-refractivity contribution is -0.130. The molecule has 0 radical (unpaired) electrons. The molecule has 13 heavy (non-hydrogen) atoms. The lowest BCUT2D eigenvalue weighted by Gasteiger charge is -2.45. The van der Waals surface area contributed by atoms with Gasteiger partial charge in [0.2, 0.25) is 0 Å². The van der Waals surface area contributed by atoms with Crippen LogP contribution in [0.4, 0.5) is 0 Å². The smallest absolute Gasteiger partial charge is 0.254 e. The van der Waals surface area contributed by atoms with Crippen LogP contribution in [0.3, 0.4) is 0 Å². The summed E-state index contributed by atoms with van der Waals surface area (Å²) < 4.78 is 0. The van der Waals surface area contributed by atoms with Crippen molar-refractivity contribution in [3.8, 4) is 0 Å². The zero-order valence-corrected chi connectivity index (χ0v) is 8.00. The van der Waals surface area contributed by atoms with Gasteiger partial charge in [0.15, 0.2) is 0 Å². The second-order valence-corrected chi connectivity index (χ2v) is 3.86. The van der Waals surface area contributed by atoms with Gasteiger partial charge in [0.1, 0.15) is 5.66 Å². The molecule has 0 aromatic heterocycles. The molecule has 1 amide bonds. The molecule has 0 aromatic carbocycles. The van der Waals surface area contributed by atoms with Crippen LogP contribution in [0.15, 0.2) is 24.0 Å². The number of allylic oxidation sites excluding steroid dienone is 2. The van der Waals surface area contributed by atoms with Crippen LogP contribution in [-0.2, 0) is 4.79 Å². The molecule has 0 spiro atoms. The number of nitrogens with zero attached hydrogens (tertiary/aromatic N) is 1. The standard InChI is InChI=1S/C10H14N2O/c1-8-7-9(13)12-6-4-3-5-10(12,2)11-8/h4,6-7,11H,3,5H2,1-2H3. The molecule has 2 rings (SSSR count). The molecule has 1 unspecified atom stereocenters. The van der Waals surface area contributed by atoms with E-state index in [-0.39, 0.29) is 11.6 Å². The summed E-state index contributed by atoms with van der Waals surface area (Å²) in [6, 6.07) is 0. The highest BCUT2D eigenvalue weighted by Gasteiger charge is 2.37. The number of carbonyl (C=O) groups is 1. The maximum Gasteiger partial charge on any atom is 0.254 e. The van der Waals surface area contributed by atoms with E-state index in [1.165, 1.54) is 0 Å². The fraction of sp³-hybridized carbons (Fsp3) is 0.500. The van der Waals surface area contributed by atoms with Crippen LogP contribution in [0.25, 0.3) is 0 Å². The first-order chi connectivity index (χ1) is 6.12. The number of carbonyl (C=O) groups excluding carboxylic acids is 1. The third-order valence-electron chi connectivity index (χ3n) is 2.63. The lowest BCUT2D eigenvalue weighted by Crippen LogP contribution is -2.59. The van der Waals surface area contributed by atoms with Gasteiger partial charge >= 0.3 is 0 Å². The van der Waals surface area contributed by atoms with Crippen molar-refractivity contribution in [3.05, 3.63) is 24.0 Å². The van der Waals surface area contributed by atoms with Gasteiger partial charge in [-0.05, 0) is 26.7 Å². The Morgan fingerprint density at radius 2 is 2.38 bits per heavy atom. The van der Waals surface area contributed by atoms with Gasteiger partial charge in [-0.15, -0.1) is 0 Å². The van der Waals surface area contributed by atoms with E-state index in [9.17, 15) is 4.79 Å². The molecule has 0 aliphatic carbocycles. The van der Waals surface area contributed by atoms with Gasteiger partial charge in [0, 0.05) is 18.0 Å². The van der Waals surface area contributed by atoms with E-state index >= 15 is 0 Å². The Morgan fingerprint density at radius 3 is 3.15 bits per heavy atom. The molecule has 0 aromatic rings. The van der Waals surface area contributed by atoms with Gasteiger partial charge in [-0.1, -0.05) is 6.08 Å². The van der Waals surface area contributed by atoms with E-state index in [1.807, 2.05) is 19.2 Å². The second kappa shape index (κ2) is 2.62. The third-order valence-corrected chi connectivity index (χ3v) is 2.63. The van der Waals surface area contributed by atoms with Crippen molar-refractivity contribution < 1.29 is 4.79 Å². The fourth-order valence-corrected chi connectivity index (χ4v) is 1.98. The third kappa shape index (κ3) is 1.24. The number of amides is 1. The Kier molecular flexibility index (Phi) is 1.68. The molecule has 0 fully saturated rings. The van der Waals surface area contributed by atoms with E-state index in [0.29, 0.717) is 0 Å². The number of hydrogen-bond donors (Lipinski definition) is 1. The Bertz CT molecular complexity index is 306. The van der Waals surface area contributed by atoms with Gasteiger partial charge in [0.25, 0.3) is 5.91 Å². The Labute approximate surface area is 78.1 Å². The van der Waals surface area contributed by atoms with E-state index in [2.05, 4.69) is 12.2 Å². The first-order valence-corrected chi connectivity index (χ1v) is 4.58. The molecular weight excluding hydrogens is 164 g/mol. The molecule has 2 aliphatic heterocycles. The topological polar surface area (TPSA) is 32.3 Å². The maximum atomic E-state index is 11.6. The Hall–Kier alpha value is -1.25. The van der Waals surface area contributed by atoms with Crippen LogP contribution < -0.4 is 5.32 Å². The zero-order chi connectivity index (χ0) is 9.47. The molecule has 2 aliphatic rings. The predicted molar refractivity (Wildman–Crippen MR) is 50.5 cm³/mol. The predicted octanol–water partition coefficient (Wildman–Crippen LogP) is 1.35. The van der Waals surface area contributed by atoms with Crippen LogP contribution >= 0.6 is 0 Å². The quantitative estimate of drug-likeness (QED) is 0.607. The van der Waals surface area contributed by atoms with Gasteiger partial charge in [0.05, 0.1) is 0 Å². The van der Waals surface area contributed by atoms with Crippen LogP contribution in [0.2, 0.25) is 0 Å². The molecule has 1 atom stereocenters. The SMILES string of the molecule is CC1=CC(=O)N2C=CCCC2(C)N1. The highest BCUT2D eigenvalue weighted by atomic mass is 16.2. The van der Waals surface area contributed by atoms with Crippen LogP contribution in [0.5, 0.6) is 0 Å². The summed E-state index contributed by atoms with van der Waals surface area (Å²) in [5.74, 6) is 0.0784. The molecule has 0 bridgehead atoms. The Balaban J connectivity index is 2.39. The highest BCUT2D eigenvalue weighted by molar-refractivity contribution is 5.90. The van der Waals surface area contributed by atoms with Crippen molar-refractivity contribution in [1.29, 1.82) is 0 Å². The van der Waals surface area contributed by atoms with Gasteiger partial charge in [-0.3, -0.25) is 9.69 Å². The van der Waals surface area contributed by atoms with Crippen molar-refractivity contribution in [3.63, 3.8) is 0 Å². The fourth-order valence-electron chi connectivity index (χ4n) is 1.98. The van der Waals surface area contributed by atoms with Crippen LogP contribution in [0.1, 0.15) is 26.7 Å². The summed E-state index contributed by atoms with van der Waals surface area (Å²) in [6.45, 7) is 3.99. The van der Waals surface area contributed by atoms with E-state index < -0.39 is 0 Å². The van der Waals surface area contributed by atoms with Gasteiger partial charge < -0.3 is 5.32 Å². The summed E-state index contributed by atoms with van der Waals surface area (Å²) >= 11 is 0. The summed E-state index contributed by atoms with van der Waals surface area (Å²) in [5.41, 5.74) is 0.754. The molecule has 3 heteroatoms. The summed E-state index contributed by atoms with van der Waals surface area (Å²) in [7, 11) is 0. The van der Waals surface area contributed by atoms with Crippen molar-refractivity contribution in [2.75, 3.05) is 0 Å². The highest BCUT2D eigenvalue weighted by Crippen LogP contribution is 2.27.